The molecular weight excluding hydrogens is 535 g/mol. The maximum Gasteiger partial charge on any atom is 1.00 e. The van der Waals surface area contributed by atoms with E-state index < -0.39 is 10.1 Å². The van der Waals surface area contributed by atoms with E-state index in [0.29, 0.717) is 23.1 Å². The Hall–Kier alpha value is -4.06. The summed E-state index contributed by atoms with van der Waals surface area (Å²) in [7, 11) is -4.62. The van der Waals surface area contributed by atoms with Gasteiger partial charge in [0.1, 0.15) is 10.1 Å². The van der Waals surface area contributed by atoms with E-state index >= 15 is 0 Å². The van der Waals surface area contributed by atoms with Gasteiger partial charge in [0.05, 0.1) is 4.90 Å². The molecule has 0 aliphatic carbocycles. The molecule has 0 amide bonds. The zero-order valence-corrected chi connectivity index (χ0v) is 24.3. The minimum absolute atomic E-state index is 0. The molecule has 0 fully saturated rings. The number of anilines is 6. The number of nitrogens with zero attached hydrogens (tertiary/aromatic N) is 3. The third kappa shape index (κ3) is 7.75. The average molecular weight is 559 g/mol. The van der Waals surface area contributed by atoms with Crippen LogP contribution in [0.3, 0.4) is 0 Å². The van der Waals surface area contributed by atoms with E-state index in [4.69, 9.17) is 0 Å². The zero-order valence-electron chi connectivity index (χ0n) is 21.5. The van der Waals surface area contributed by atoms with E-state index in [1.165, 1.54) is 12.1 Å². The molecule has 4 aromatic carbocycles. The maximum atomic E-state index is 11.7. The number of benzene rings is 4. The average Bonchev–Trinajstić information content (AvgIpc) is 2.93. The van der Waals surface area contributed by atoms with Gasteiger partial charge in [0.25, 0.3) is 0 Å². The fraction of sp³-hybridized carbons (Fsp3) is 0. The summed E-state index contributed by atoms with van der Waals surface area (Å²) >= 11 is 0. The second-order valence-electron chi connectivity index (χ2n) is 8.33. The van der Waals surface area contributed by atoms with Gasteiger partial charge < -0.3 is 20.5 Å². The summed E-state index contributed by atoms with van der Waals surface area (Å²) in [5.41, 5.74) is 3.32. The summed E-state index contributed by atoms with van der Waals surface area (Å²) in [6.45, 7) is 0. The Kier molecular flexibility index (Phi) is 9.65. The van der Waals surface area contributed by atoms with Crippen LogP contribution in [0.1, 0.15) is 11.1 Å². The van der Waals surface area contributed by atoms with Gasteiger partial charge in [-0.2, -0.15) is 15.0 Å². The fourth-order valence-corrected chi connectivity index (χ4v) is 4.42. The van der Waals surface area contributed by atoms with Crippen LogP contribution in [0.5, 0.6) is 0 Å². The van der Waals surface area contributed by atoms with Crippen molar-refractivity contribution >= 4 is 57.2 Å². The zero-order chi connectivity index (χ0) is 27.1. The molecule has 0 unspecified atom stereocenters. The maximum absolute atomic E-state index is 11.7. The first-order valence-corrected chi connectivity index (χ1v) is 13.3. The van der Waals surface area contributed by atoms with Crippen LogP contribution in [0, 0.1) is 0 Å². The first-order valence-electron chi connectivity index (χ1n) is 11.9. The molecule has 0 saturated heterocycles. The van der Waals surface area contributed by atoms with Gasteiger partial charge in [0, 0.05) is 17.1 Å². The summed E-state index contributed by atoms with van der Waals surface area (Å²) in [4.78, 5) is 13.3. The van der Waals surface area contributed by atoms with Crippen molar-refractivity contribution in [2.45, 2.75) is 4.90 Å². The number of nitrogens with one attached hydrogen (secondary N) is 3. The Morgan fingerprint density at radius 2 is 0.975 bits per heavy atom. The number of aromatic nitrogens is 3. The minimum atomic E-state index is -4.62. The minimum Gasteiger partial charge on any atom is -0.744 e. The van der Waals surface area contributed by atoms with Crippen molar-refractivity contribution in [3.05, 3.63) is 120 Å². The molecule has 194 valence electrons. The molecule has 0 aliphatic heterocycles. The molecule has 1 aromatic heterocycles. The van der Waals surface area contributed by atoms with Crippen LogP contribution in [0.4, 0.5) is 34.9 Å². The van der Waals surface area contributed by atoms with Crippen LogP contribution in [-0.2, 0) is 10.1 Å². The van der Waals surface area contributed by atoms with E-state index in [1.54, 1.807) is 24.3 Å². The van der Waals surface area contributed by atoms with Gasteiger partial charge in [-0.3, -0.25) is 0 Å². The normalized spacial score (nSPS) is 11.0. The van der Waals surface area contributed by atoms with Gasteiger partial charge >= 0.3 is 29.6 Å². The molecular formula is C29H23N6NaO3S. The van der Waals surface area contributed by atoms with Crippen molar-refractivity contribution < 1.29 is 42.5 Å². The molecule has 0 aliphatic rings. The second kappa shape index (κ2) is 13.3. The third-order valence-electron chi connectivity index (χ3n) is 5.53. The molecule has 9 nitrogen and oxygen atoms in total. The Labute approximate surface area is 254 Å². The van der Waals surface area contributed by atoms with Crippen molar-refractivity contribution in [2.24, 2.45) is 0 Å². The summed E-state index contributed by atoms with van der Waals surface area (Å²) in [6.07, 6.45) is 3.31. The SMILES string of the molecule is O=S(=O)([O-])c1ccccc1C=Cc1ccccc1Nc1nc(Nc2ccccc2)nc(Nc2ccccc2)n1.[Na+]. The smallest absolute Gasteiger partial charge is 0.744 e. The molecule has 11 heteroatoms. The Morgan fingerprint density at radius 3 is 1.52 bits per heavy atom. The molecule has 3 N–H and O–H groups in total. The molecule has 0 radical (unpaired) electrons. The predicted molar refractivity (Wildman–Crippen MR) is 152 cm³/mol. The Balaban J connectivity index is 0.00000370. The molecule has 0 spiro atoms. The quantitative estimate of drug-likeness (QED) is 0.142. The summed E-state index contributed by atoms with van der Waals surface area (Å²) in [5, 5.41) is 9.62. The molecule has 40 heavy (non-hydrogen) atoms. The molecule has 0 atom stereocenters. The molecule has 5 aromatic rings. The number of para-hydroxylation sites is 3. The first kappa shape index (κ1) is 28.9. The largest absolute Gasteiger partial charge is 1.00 e. The van der Waals surface area contributed by atoms with Crippen LogP contribution < -0.4 is 45.5 Å². The van der Waals surface area contributed by atoms with Crippen molar-refractivity contribution in [3.8, 4) is 0 Å². The van der Waals surface area contributed by atoms with E-state index in [1.807, 2.05) is 84.9 Å². The monoisotopic (exact) mass is 558 g/mol. The van der Waals surface area contributed by atoms with Gasteiger partial charge in [0.15, 0.2) is 0 Å². The predicted octanol–water partition coefficient (Wildman–Crippen LogP) is 3.18. The molecule has 1 heterocycles. The van der Waals surface area contributed by atoms with Crippen LogP contribution in [0.15, 0.2) is 114 Å². The van der Waals surface area contributed by atoms with Crippen LogP contribution >= 0.6 is 0 Å². The molecule has 5 rings (SSSR count). The topological polar surface area (TPSA) is 132 Å². The second-order valence-corrected chi connectivity index (χ2v) is 9.67. The summed E-state index contributed by atoms with van der Waals surface area (Å²) < 4.78 is 35.0. The standard InChI is InChI=1S/C29H24N6O3S.Na/c36-39(37,38)26-18-10-8-12-22(26)20-19-21-11-7-9-17-25(21)32-29-34-27(30-23-13-3-1-4-14-23)33-28(35-29)31-24-15-5-2-6-16-24;/h1-20H,(H,36,37,38)(H3,30,31,32,33,34,35);/q;+1/p-1. The molecule has 0 saturated carbocycles. The first-order chi connectivity index (χ1) is 18.9. The number of hydrogen-bond acceptors (Lipinski definition) is 9. The Bertz CT molecular complexity index is 1660. The number of rotatable bonds is 9. The Morgan fingerprint density at radius 1 is 0.550 bits per heavy atom. The van der Waals surface area contributed by atoms with E-state index in [-0.39, 0.29) is 40.4 Å². The van der Waals surface area contributed by atoms with Crippen molar-refractivity contribution in [2.75, 3.05) is 16.0 Å². The van der Waals surface area contributed by atoms with Crippen molar-refractivity contribution in [3.63, 3.8) is 0 Å². The van der Waals surface area contributed by atoms with Gasteiger partial charge in [-0.25, -0.2) is 8.42 Å². The third-order valence-corrected chi connectivity index (χ3v) is 6.44. The fourth-order valence-electron chi connectivity index (χ4n) is 3.75. The summed E-state index contributed by atoms with van der Waals surface area (Å²) in [5.74, 6) is 0.949. The van der Waals surface area contributed by atoms with Gasteiger partial charge in [-0.05, 0) is 47.5 Å². The van der Waals surface area contributed by atoms with Gasteiger partial charge in [-0.15, -0.1) is 0 Å². The van der Waals surface area contributed by atoms with Crippen LogP contribution in [0.25, 0.3) is 12.2 Å². The van der Waals surface area contributed by atoms with E-state index in [0.717, 1.165) is 16.9 Å². The van der Waals surface area contributed by atoms with Crippen LogP contribution in [-0.4, -0.2) is 27.9 Å². The number of hydrogen-bond donors (Lipinski definition) is 3. The van der Waals surface area contributed by atoms with Gasteiger partial charge in [0.2, 0.25) is 17.8 Å². The molecule has 0 bridgehead atoms. The van der Waals surface area contributed by atoms with E-state index in [2.05, 4.69) is 30.9 Å². The van der Waals surface area contributed by atoms with Crippen molar-refractivity contribution in [1.82, 2.24) is 15.0 Å². The van der Waals surface area contributed by atoms with Crippen LogP contribution in [0.2, 0.25) is 0 Å². The van der Waals surface area contributed by atoms with E-state index in [9.17, 15) is 13.0 Å². The summed E-state index contributed by atoms with van der Waals surface area (Å²) in [6, 6.07) is 32.5. The van der Waals surface area contributed by atoms with Crippen molar-refractivity contribution in [1.29, 1.82) is 0 Å². The van der Waals surface area contributed by atoms with Gasteiger partial charge in [-0.1, -0.05) is 84.9 Å².